The van der Waals surface area contributed by atoms with Crippen molar-refractivity contribution in [1.29, 1.82) is 0 Å². The van der Waals surface area contributed by atoms with Gasteiger partial charge in [0.2, 0.25) is 12.6 Å². The van der Waals surface area contributed by atoms with E-state index in [9.17, 15) is 40.9 Å². The Kier molecular flexibility index (Phi) is 12.9. The number of ether oxygens (including phenoxy) is 4. The standard InChI is InChI=1S/C56H50N4O12/c61-27-43-49(63)51(65)53(67)55(71-43)69-33-15-11-31(12-16-33)47-39-23-19-35(57-39)45(29-7-3-1-4-8-29)36-20-24-40(58-36)48(32-13-17-34(18-14-32)70-56-54(68)52(66)50(64)44(28-62)72-56)42-26-22-38(60-42)46(30-9-5-2-6-10-30)37-21-25-41(47)59-37/h1-26,43-44,49-57,60-68H,27-28H2/t43-,44-,49+,50+,51+,52+,53-,54-,55-,56-/m1/s1. The molecule has 0 spiro atoms. The second-order valence-electron chi connectivity index (χ2n) is 17.9. The highest BCUT2D eigenvalue weighted by Crippen LogP contribution is 2.39. The molecule has 0 amide bonds. The van der Waals surface area contributed by atoms with Crippen molar-refractivity contribution in [3.63, 3.8) is 0 Å². The molecule has 0 radical (unpaired) electrons. The lowest BCUT2D eigenvalue weighted by atomic mass is 9.99. The van der Waals surface area contributed by atoms with Crippen LogP contribution >= 0.6 is 0 Å². The maximum Gasteiger partial charge on any atom is 0.229 e. The Morgan fingerprint density at radius 2 is 0.681 bits per heavy atom. The van der Waals surface area contributed by atoms with E-state index in [4.69, 9.17) is 28.9 Å². The Balaban J connectivity index is 1.09. The molecular weight excluding hydrogens is 921 g/mol. The molecule has 72 heavy (non-hydrogen) atoms. The molecule has 7 aromatic rings. The predicted molar refractivity (Wildman–Crippen MR) is 269 cm³/mol. The summed E-state index contributed by atoms with van der Waals surface area (Å²) < 4.78 is 23.2. The van der Waals surface area contributed by atoms with Gasteiger partial charge in [-0.3, -0.25) is 0 Å². The molecular formula is C56H50N4O12. The first-order chi connectivity index (χ1) is 35.1. The molecule has 4 aliphatic rings. The molecule has 7 heterocycles. The van der Waals surface area contributed by atoms with Crippen LogP contribution in [0.4, 0.5) is 0 Å². The van der Waals surface area contributed by atoms with Crippen LogP contribution in [0, 0.1) is 0 Å². The molecule has 366 valence electrons. The van der Waals surface area contributed by atoms with Crippen molar-refractivity contribution in [2.24, 2.45) is 0 Å². The number of nitrogens with one attached hydrogen (secondary N) is 2. The van der Waals surface area contributed by atoms with Gasteiger partial charge < -0.3 is 69.8 Å². The number of benzene rings is 4. The zero-order chi connectivity index (χ0) is 49.6. The van der Waals surface area contributed by atoms with Gasteiger partial charge in [-0.1, -0.05) is 84.9 Å². The predicted octanol–water partition coefficient (Wildman–Crippen LogP) is 5.68. The lowest BCUT2D eigenvalue weighted by Gasteiger charge is -2.39. The molecule has 11 rings (SSSR count). The van der Waals surface area contributed by atoms with Gasteiger partial charge in [-0.05, 0) is 95.1 Å². The molecule has 2 saturated heterocycles. The smallest absolute Gasteiger partial charge is 0.229 e. The molecule has 3 aromatic heterocycles. The number of hydrogen-bond acceptors (Lipinski definition) is 14. The monoisotopic (exact) mass is 970 g/mol. The van der Waals surface area contributed by atoms with E-state index in [0.29, 0.717) is 34.3 Å². The Bertz CT molecular complexity index is 3100. The molecule has 0 unspecified atom stereocenters. The fraction of sp³-hybridized carbons (Fsp3) is 0.214. The van der Waals surface area contributed by atoms with Crippen molar-refractivity contribution in [1.82, 2.24) is 19.9 Å². The van der Waals surface area contributed by atoms with E-state index in [2.05, 4.69) is 9.97 Å². The number of hydrogen-bond donors (Lipinski definition) is 10. The summed E-state index contributed by atoms with van der Waals surface area (Å²) in [6.45, 7) is -1.16. The van der Waals surface area contributed by atoms with Gasteiger partial charge in [0, 0.05) is 44.3 Å². The number of rotatable bonds is 10. The van der Waals surface area contributed by atoms with Crippen molar-refractivity contribution >= 4 is 46.4 Å². The first-order valence-corrected chi connectivity index (χ1v) is 23.5. The van der Waals surface area contributed by atoms with Crippen LogP contribution in [-0.2, 0) is 9.47 Å². The Morgan fingerprint density at radius 3 is 0.986 bits per heavy atom. The number of aliphatic hydroxyl groups is 8. The Morgan fingerprint density at radius 1 is 0.375 bits per heavy atom. The van der Waals surface area contributed by atoms with Crippen LogP contribution in [-0.4, -0.2) is 135 Å². The van der Waals surface area contributed by atoms with Crippen LogP contribution in [0.25, 0.3) is 90.9 Å². The molecule has 4 aliphatic heterocycles. The van der Waals surface area contributed by atoms with E-state index in [0.717, 1.165) is 66.6 Å². The minimum Gasteiger partial charge on any atom is -0.462 e. The van der Waals surface area contributed by atoms with Crippen molar-refractivity contribution in [2.45, 2.75) is 61.4 Å². The maximum atomic E-state index is 10.7. The quantitative estimate of drug-likeness (QED) is 0.0792. The van der Waals surface area contributed by atoms with Crippen molar-refractivity contribution < 1.29 is 59.8 Å². The summed E-state index contributed by atoms with van der Waals surface area (Å²) in [4.78, 5) is 18.1. The minimum atomic E-state index is -1.59. The van der Waals surface area contributed by atoms with Gasteiger partial charge in [-0.25, -0.2) is 9.97 Å². The summed E-state index contributed by atoms with van der Waals surface area (Å²) in [5, 5.41) is 82.2. The van der Waals surface area contributed by atoms with Crippen LogP contribution < -0.4 is 9.47 Å². The van der Waals surface area contributed by atoms with Crippen molar-refractivity contribution in [3.05, 3.63) is 156 Å². The molecule has 8 bridgehead atoms. The number of H-pyrrole nitrogens is 2. The third kappa shape index (κ3) is 8.79. The summed E-state index contributed by atoms with van der Waals surface area (Å²) in [5.74, 6) is 0.627. The van der Waals surface area contributed by atoms with Gasteiger partial charge in [0.15, 0.2) is 0 Å². The normalized spacial score (nSPS) is 24.8. The molecule has 0 saturated carbocycles. The average molecular weight is 971 g/mol. The molecule has 16 heteroatoms. The number of nitrogens with zero attached hydrogens (tertiary/aromatic N) is 2. The van der Waals surface area contributed by atoms with Crippen LogP contribution in [0.15, 0.2) is 133 Å². The highest BCUT2D eigenvalue weighted by molar-refractivity contribution is 5.99. The zero-order valence-electron chi connectivity index (χ0n) is 38.3. The van der Waals surface area contributed by atoms with Gasteiger partial charge >= 0.3 is 0 Å². The number of aromatic nitrogens is 4. The number of fused-ring (bicyclic) bond motifs is 8. The number of aliphatic hydroxyl groups excluding tert-OH is 8. The summed E-state index contributed by atoms with van der Waals surface area (Å²) in [7, 11) is 0. The number of aromatic amines is 2. The fourth-order valence-electron chi connectivity index (χ4n) is 9.63. The van der Waals surface area contributed by atoms with E-state index in [1.165, 1.54) is 0 Å². The molecule has 16 nitrogen and oxygen atoms in total. The topological polar surface area (TPSA) is 256 Å². The summed E-state index contributed by atoms with van der Waals surface area (Å²) >= 11 is 0. The van der Waals surface area contributed by atoms with E-state index < -0.39 is 74.6 Å². The van der Waals surface area contributed by atoms with Crippen molar-refractivity contribution in [2.75, 3.05) is 13.2 Å². The lowest BCUT2D eigenvalue weighted by Crippen LogP contribution is -2.60. The molecule has 2 fully saturated rings. The van der Waals surface area contributed by atoms with E-state index >= 15 is 0 Å². The molecule has 0 aliphatic carbocycles. The second kappa shape index (κ2) is 19.7. The van der Waals surface area contributed by atoms with Crippen LogP contribution in [0.2, 0.25) is 0 Å². The lowest BCUT2D eigenvalue weighted by molar-refractivity contribution is -0.277. The third-order valence-corrected chi connectivity index (χ3v) is 13.4. The van der Waals surface area contributed by atoms with Crippen LogP contribution in [0.5, 0.6) is 11.5 Å². The van der Waals surface area contributed by atoms with Crippen LogP contribution in [0.3, 0.4) is 0 Å². The summed E-state index contributed by atoms with van der Waals surface area (Å²) in [6.07, 6.45) is -6.39. The Labute approximate surface area is 411 Å². The highest BCUT2D eigenvalue weighted by atomic mass is 16.7. The Hall–Kier alpha value is -7.32. The van der Waals surface area contributed by atoms with E-state index in [1.54, 1.807) is 24.3 Å². The van der Waals surface area contributed by atoms with Gasteiger partial charge in [0.25, 0.3) is 0 Å². The SMILES string of the molecule is OC[C@H]1O[C@@H](Oc2ccc(-c3c4nc(c(-c5ccccc5)c5ccc([nH]5)c(-c5ccc(O[C@@H]6O[C@H](CO)[C@H](O)[C@H](O)[C@H]6O)cc5)c5nc(c(-c6ccccc6)c6ccc3[nH]6)C=C5)C=C4)cc2)[C@H](O)[C@@H](O)[C@H]1O. The second-order valence-corrected chi connectivity index (χ2v) is 17.9. The third-order valence-electron chi connectivity index (χ3n) is 13.4. The van der Waals surface area contributed by atoms with Gasteiger partial charge in [0.05, 0.1) is 36.0 Å². The summed E-state index contributed by atoms with van der Waals surface area (Å²) in [6, 6.07) is 42.3. The van der Waals surface area contributed by atoms with Gasteiger partial charge in [0.1, 0.15) is 60.3 Å². The van der Waals surface area contributed by atoms with E-state index in [1.807, 2.05) is 133 Å². The summed E-state index contributed by atoms with van der Waals surface area (Å²) in [5.41, 5.74) is 12.4. The van der Waals surface area contributed by atoms with Gasteiger partial charge in [-0.15, -0.1) is 0 Å². The first kappa shape index (κ1) is 47.0. The minimum absolute atomic E-state index is 0.314. The fourth-order valence-corrected chi connectivity index (χ4v) is 9.63. The van der Waals surface area contributed by atoms with Crippen LogP contribution in [0.1, 0.15) is 22.8 Å². The molecule has 10 N–H and O–H groups in total. The molecule has 4 aromatic carbocycles. The average Bonchev–Trinajstić information content (AvgIpc) is 4.27. The maximum absolute atomic E-state index is 10.7. The first-order valence-electron chi connectivity index (χ1n) is 23.5. The largest absolute Gasteiger partial charge is 0.462 e. The highest BCUT2D eigenvalue weighted by Gasteiger charge is 2.46. The molecule has 10 atom stereocenters. The van der Waals surface area contributed by atoms with E-state index in [-0.39, 0.29) is 0 Å². The van der Waals surface area contributed by atoms with Crippen molar-refractivity contribution in [3.8, 4) is 56.0 Å². The zero-order valence-corrected chi connectivity index (χ0v) is 38.3. The van der Waals surface area contributed by atoms with Gasteiger partial charge in [-0.2, -0.15) is 0 Å².